The van der Waals surface area contributed by atoms with Gasteiger partial charge in [0.2, 0.25) is 0 Å². The van der Waals surface area contributed by atoms with Crippen molar-refractivity contribution in [1.82, 2.24) is 0 Å². The quantitative estimate of drug-likeness (QED) is 0.491. The van der Waals surface area contributed by atoms with E-state index in [1.165, 1.54) is 0 Å². The molecule has 0 spiro atoms. The van der Waals surface area contributed by atoms with Crippen LogP contribution < -0.4 is 0 Å². The highest BCUT2D eigenvalue weighted by Crippen LogP contribution is 2.52. The second-order valence-corrected chi connectivity index (χ2v) is 6.45. The normalized spacial score (nSPS) is 37.0. The third-order valence-electron chi connectivity index (χ3n) is 5.13. The molecule has 2 heterocycles. The van der Waals surface area contributed by atoms with E-state index in [2.05, 4.69) is 0 Å². The molecule has 2 aliphatic heterocycles. The van der Waals surface area contributed by atoms with Crippen molar-refractivity contribution in [3.63, 3.8) is 0 Å². The number of fused-ring (bicyclic) bond motifs is 3. The van der Waals surface area contributed by atoms with Crippen molar-refractivity contribution in [2.24, 2.45) is 23.7 Å². The lowest BCUT2D eigenvalue weighted by Crippen LogP contribution is -2.32. The number of ether oxygens (including phenoxy) is 2. The monoisotopic (exact) mass is 302 g/mol. The second-order valence-electron chi connectivity index (χ2n) is 6.45. The minimum Gasteiger partial charge on any atom is -0.389 e. The summed E-state index contributed by atoms with van der Waals surface area (Å²) >= 11 is 0. The fourth-order valence-corrected chi connectivity index (χ4v) is 4.27. The number of rotatable bonds is 0. The summed E-state index contributed by atoms with van der Waals surface area (Å²) in [7, 11) is 0. The van der Waals surface area contributed by atoms with E-state index in [4.69, 9.17) is 9.47 Å². The fourth-order valence-electron chi connectivity index (χ4n) is 4.27. The van der Waals surface area contributed by atoms with Gasteiger partial charge in [-0.1, -0.05) is 13.8 Å². The molecule has 0 bridgehead atoms. The maximum atomic E-state index is 12.1. The predicted octanol–water partition coefficient (Wildman–Crippen LogP) is 1.06. The summed E-state index contributed by atoms with van der Waals surface area (Å²) in [6.07, 6.45) is 0.840. The molecule has 4 unspecified atom stereocenters. The van der Waals surface area contributed by atoms with Gasteiger partial charge in [0.05, 0.1) is 23.0 Å². The highest BCUT2D eigenvalue weighted by atomic mass is 16.6. The zero-order valence-electron chi connectivity index (χ0n) is 12.2. The molecule has 4 atom stereocenters. The van der Waals surface area contributed by atoms with Crippen molar-refractivity contribution in [3.05, 3.63) is 22.3 Å². The summed E-state index contributed by atoms with van der Waals surface area (Å²) in [5.74, 6) is -3.54. The number of hydrogen-bond acceptors (Lipinski definition) is 6. The lowest BCUT2D eigenvalue weighted by Gasteiger charge is -2.36. The largest absolute Gasteiger partial charge is 0.389 e. The van der Waals surface area contributed by atoms with Crippen LogP contribution in [0.25, 0.3) is 0 Å². The van der Waals surface area contributed by atoms with Crippen LogP contribution in [-0.4, -0.2) is 23.9 Å². The third kappa shape index (κ3) is 1.50. The minimum atomic E-state index is -0.613. The maximum Gasteiger partial charge on any atom is 0.342 e. The van der Waals surface area contributed by atoms with Crippen LogP contribution in [-0.2, 0) is 28.7 Å². The van der Waals surface area contributed by atoms with Crippen LogP contribution in [0.1, 0.15) is 26.7 Å². The Morgan fingerprint density at radius 1 is 0.682 bits per heavy atom. The summed E-state index contributed by atoms with van der Waals surface area (Å²) in [4.78, 5) is 47.8. The van der Waals surface area contributed by atoms with Crippen molar-refractivity contribution in [1.29, 1.82) is 0 Å². The Bertz CT molecular complexity index is 663. The van der Waals surface area contributed by atoms with Crippen molar-refractivity contribution in [2.45, 2.75) is 26.7 Å². The van der Waals surface area contributed by atoms with Crippen LogP contribution in [0.3, 0.4) is 0 Å². The van der Waals surface area contributed by atoms with Gasteiger partial charge in [0.1, 0.15) is 0 Å². The van der Waals surface area contributed by atoms with Crippen molar-refractivity contribution in [3.8, 4) is 0 Å². The van der Waals surface area contributed by atoms with Crippen LogP contribution in [0.2, 0.25) is 0 Å². The van der Waals surface area contributed by atoms with E-state index in [9.17, 15) is 19.2 Å². The zero-order chi connectivity index (χ0) is 15.8. The predicted molar refractivity (Wildman–Crippen MR) is 70.8 cm³/mol. The Hall–Kier alpha value is -2.24. The topological polar surface area (TPSA) is 86.7 Å². The number of carbonyl (C=O) groups is 4. The first-order valence-electron chi connectivity index (χ1n) is 7.40. The first-order chi connectivity index (χ1) is 10.4. The van der Waals surface area contributed by atoms with E-state index >= 15 is 0 Å². The number of hydrogen-bond donors (Lipinski definition) is 0. The molecule has 0 radical (unpaired) electrons. The molecule has 6 nitrogen and oxygen atoms in total. The lowest BCUT2D eigenvalue weighted by molar-refractivity contribution is -0.154. The molecule has 0 saturated carbocycles. The molecule has 0 aromatic rings. The average molecular weight is 302 g/mol. The Labute approximate surface area is 126 Å². The molecule has 0 aromatic carbocycles. The van der Waals surface area contributed by atoms with Crippen molar-refractivity contribution in [2.75, 3.05) is 0 Å². The van der Waals surface area contributed by atoms with Crippen LogP contribution in [0.4, 0.5) is 0 Å². The van der Waals surface area contributed by atoms with Crippen LogP contribution in [0, 0.1) is 23.7 Å². The van der Waals surface area contributed by atoms with Crippen molar-refractivity contribution >= 4 is 23.9 Å². The van der Waals surface area contributed by atoms with E-state index in [1.54, 1.807) is 0 Å². The molecule has 2 aliphatic carbocycles. The molecular weight excluding hydrogens is 288 g/mol. The van der Waals surface area contributed by atoms with Gasteiger partial charge < -0.3 is 9.47 Å². The molecular formula is C16H14O6. The van der Waals surface area contributed by atoms with Crippen LogP contribution in [0.15, 0.2) is 22.3 Å². The summed E-state index contributed by atoms with van der Waals surface area (Å²) in [5.41, 5.74) is 2.20. The van der Waals surface area contributed by atoms with Gasteiger partial charge in [-0.05, 0) is 35.8 Å². The van der Waals surface area contributed by atoms with Crippen LogP contribution >= 0.6 is 0 Å². The Balaban J connectivity index is 2.02. The van der Waals surface area contributed by atoms with Gasteiger partial charge in [-0.3, -0.25) is 9.59 Å². The molecule has 114 valence electrons. The number of esters is 4. The van der Waals surface area contributed by atoms with Gasteiger partial charge >= 0.3 is 23.9 Å². The molecule has 0 amide bonds. The summed E-state index contributed by atoms with van der Waals surface area (Å²) < 4.78 is 9.54. The Kier molecular flexibility index (Phi) is 2.53. The SMILES string of the molecule is CC1CC2C(=O)OC(=O)C2=C2C1=C1C(=O)OC(=O)C1CC2C. The van der Waals surface area contributed by atoms with Gasteiger partial charge in [-0.2, -0.15) is 0 Å². The molecule has 2 saturated heterocycles. The fraction of sp³-hybridized carbons (Fsp3) is 0.500. The maximum absolute atomic E-state index is 12.1. The summed E-state index contributed by atoms with van der Waals surface area (Å²) in [6.45, 7) is 3.81. The molecule has 0 aromatic heterocycles. The highest BCUT2D eigenvalue weighted by molar-refractivity contribution is 6.12. The average Bonchev–Trinajstić information content (AvgIpc) is 2.87. The zero-order valence-corrected chi connectivity index (χ0v) is 12.2. The van der Waals surface area contributed by atoms with E-state index in [0.717, 1.165) is 11.1 Å². The number of cyclic esters (lactones) is 4. The third-order valence-corrected chi connectivity index (χ3v) is 5.13. The summed E-state index contributed by atoms with van der Waals surface area (Å²) in [5, 5.41) is 0. The molecule has 6 heteroatoms. The molecule has 0 N–H and O–H groups in total. The number of carbonyl (C=O) groups excluding carboxylic acids is 4. The molecule has 4 aliphatic rings. The summed E-state index contributed by atoms with van der Waals surface area (Å²) in [6, 6.07) is 0. The Morgan fingerprint density at radius 3 is 1.41 bits per heavy atom. The van der Waals surface area contributed by atoms with Crippen LogP contribution in [0.5, 0.6) is 0 Å². The van der Waals surface area contributed by atoms with Crippen molar-refractivity contribution < 1.29 is 28.7 Å². The molecule has 2 fully saturated rings. The van der Waals surface area contributed by atoms with Gasteiger partial charge in [0.15, 0.2) is 0 Å². The molecule has 4 rings (SSSR count). The number of allylic oxidation sites excluding steroid dienone is 2. The first-order valence-corrected chi connectivity index (χ1v) is 7.40. The highest BCUT2D eigenvalue weighted by Gasteiger charge is 2.53. The van der Waals surface area contributed by atoms with Gasteiger partial charge in [0, 0.05) is 0 Å². The van der Waals surface area contributed by atoms with Gasteiger partial charge in [0.25, 0.3) is 0 Å². The lowest BCUT2D eigenvalue weighted by atomic mass is 9.64. The Morgan fingerprint density at radius 2 is 1.05 bits per heavy atom. The van der Waals surface area contributed by atoms with E-state index in [0.29, 0.717) is 24.0 Å². The smallest absolute Gasteiger partial charge is 0.342 e. The van der Waals surface area contributed by atoms with E-state index < -0.39 is 35.7 Å². The van der Waals surface area contributed by atoms with Gasteiger partial charge in [-0.25, -0.2) is 9.59 Å². The standard InChI is InChI=1S/C16H14O6/c1-5-3-7-12(16(20)21-13(7)17)10-6(2)4-8-11(9(5)10)15(19)22-14(8)18/h5-8H,3-4H2,1-2H3. The van der Waals surface area contributed by atoms with Gasteiger partial charge in [-0.15, -0.1) is 0 Å². The first kappa shape index (κ1) is 13.4. The van der Waals surface area contributed by atoms with E-state index in [1.807, 2.05) is 13.8 Å². The second kappa shape index (κ2) is 4.15. The minimum absolute atomic E-state index is 0.0964. The van der Waals surface area contributed by atoms with E-state index in [-0.39, 0.29) is 11.8 Å². The molecule has 22 heavy (non-hydrogen) atoms.